The maximum atomic E-state index is 11.6. The Labute approximate surface area is 96.6 Å². The van der Waals surface area contributed by atoms with Gasteiger partial charge in [-0.15, -0.1) is 11.6 Å². The topological polar surface area (TPSA) is 61.1 Å². The molecule has 0 saturated heterocycles. The molecular weight excluding hydrogens is 232 g/mol. The van der Waals surface area contributed by atoms with E-state index in [9.17, 15) is 14.4 Å². The van der Waals surface area contributed by atoms with Crippen molar-refractivity contribution in [3.8, 4) is 0 Å². The molecule has 0 aliphatic heterocycles. The highest BCUT2D eigenvalue weighted by molar-refractivity contribution is 6.29. The molecule has 6 heteroatoms. The van der Waals surface area contributed by atoms with E-state index < -0.39 is 11.2 Å². The van der Waals surface area contributed by atoms with Gasteiger partial charge >= 0.3 is 5.69 Å². The molecule has 1 aromatic heterocycles. The Morgan fingerprint density at radius 2 is 2.06 bits per heavy atom. The first kappa shape index (κ1) is 12.4. The van der Waals surface area contributed by atoms with Gasteiger partial charge in [-0.25, -0.2) is 4.79 Å². The van der Waals surface area contributed by atoms with Gasteiger partial charge in [-0.1, -0.05) is 0 Å². The zero-order valence-corrected chi connectivity index (χ0v) is 9.69. The number of carbonyl (C=O) groups is 1. The number of nitrogens with zero attached hydrogens (tertiary/aromatic N) is 2. The molecule has 86 valence electrons. The third kappa shape index (κ3) is 2.49. The summed E-state index contributed by atoms with van der Waals surface area (Å²) in [7, 11) is 2.91. The van der Waals surface area contributed by atoms with Gasteiger partial charge in [0.15, 0.2) is 5.78 Å². The van der Waals surface area contributed by atoms with Gasteiger partial charge in [0, 0.05) is 20.3 Å². The first-order chi connectivity index (χ1) is 7.47. The number of carbonyl (C=O) groups excluding carboxylic acids is 1. The molecule has 1 heterocycles. The second kappa shape index (κ2) is 4.94. The van der Waals surface area contributed by atoms with Gasteiger partial charge in [-0.05, 0) is 12.2 Å². The van der Waals surface area contributed by atoms with Gasteiger partial charge in [0.05, 0.1) is 11.4 Å². The van der Waals surface area contributed by atoms with Crippen LogP contribution in [0.25, 0.3) is 6.08 Å². The van der Waals surface area contributed by atoms with Crippen LogP contribution in [0.2, 0.25) is 0 Å². The summed E-state index contributed by atoms with van der Waals surface area (Å²) in [4.78, 5) is 33.9. The Balaban J connectivity index is 3.27. The van der Waals surface area contributed by atoms with E-state index in [2.05, 4.69) is 0 Å². The molecule has 0 spiro atoms. The fourth-order valence-corrected chi connectivity index (χ4v) is 1.27. The molecule has 0 aliphatic rings. The lowest BCUT2D eigenvalue weighted by atomic mass is 10.2. The first-order valence-corrected chi connectivity index (χ1v) is 5.04. The van der Waals surface area contributed by atoms with Crippen LogP contribution >= 0.6 is 11.6 Å². The quantitative estimate of drug-likeness (QED) is 0.550. The summed E-state index contributed by atoms with van der Waals surface area (Å²) in [5, 5.41) is 0. The molecule has 1 rings (SSSR count). The second-order valence-electron chi connectivity index (χ2n) is 3.28. The van der Waals surface area contributed by atoms with Crippen molar-refractivity contribution in [1.29, 1.82) is 0 Å². The summed E-state index contributed by atoms with van der Waals surface area (Å²) < 4.78 is 2.25. The lowest BCUT2D eigenvalue weighted by Gasteiger charge is -2.02. The summed E-state index contributed by atoms with van der Waals surface area (Å²) in [5.74, 6) is -0.430. The minimum Gasteiger partial charge on any atom is -0.303 e. The zero-order valence-electron chi connectivity index (χ0n) is 8.94. The van der Waals surface area contributed by atoms with Crippen molar-refractivity contribution in [2.24, 2.45) is 14.1 Å². The number of ketones is 1. The molecule has 0 saturated carbocycles. The van der Waals surface area contributed by atoms with Gasteiger partial charge in [-0.3, -0.25) is 14.2 Å². The molecule has 16 heavy (non-hydrogen) atoms. The lowest BCUT2D eigenvalue weighted by Crippen LogP contribution is -2.37. The second-order valence-corrected chi connectivity index (χ2v) is 3.54. The number of alkyl halides is 1. The van der Waals surface area contributed by atoms with Crippen LogP contribution < -0.4 is 11.2 Å². The summed E-state index contributed by atoms with van der Waals surface area (Å²) in [5.41, 5.74) is -0.587. The lowest BCUT2D eigenvalue weighted by molar-refractivity contribution is -0.112. The molecule has 0 amide bonds. The Morgan fingerprint density at radius 3 is 2.62 bits per heavy atom. The van der Waals surface area contributed by atoms with Crippen molar-refractivity contribution in [2.45, 2.75) is 0 Å². The highest BCUT2D eigenvalue weighted by atomic mass is 35.5. The van der Waals surface area contributed by atoms with Gasteiger partial charge in [-0.2, -0.15) is 0 Å². The number of hydrogen-bond acceptors (Lipinski definition) is 3. The average Bonchev–Trinajstić information content (AvgIpc) is 2.28. The predicted octanol–water partition coefficient (Wildman–Crippen LogP) is -0.0949. The number of rotatable bonds is 3. The number of aryl methyl sites for hydroxylation is 1. The van der Waals surface area contributed by atoms with E-state index in [4.69, 9.17) is 11.6 Å². The summed E-state index contributed by atoms with van der Waals surface area (Å²) in [6.45, 7) is 0. The van der Waals surface area contributed by atoms with Crippen molar-refractivity contribution in [3.63, 3.8) is 0 Å². The molecule has 0 fully saturated rings. The summed E-state index contributed by atoms with van der Waals surface area (Å²) in [6.07, 6.45) is 3.95. The fourth-order valence-electron chi connectivity index (χ4n) is 1.18. The van der Waals surface area contributed by atoms with E-state index >= 15 is 0 Å². The Morgan fingerprint density at radius 1 is 1.44 bits per heavy atom. The predicted molar refractivity (Wildman–Crippen MR) is 61.7 cm³/mol. The first-order valence-electron chi connectivity index (χ1n) is 4.51. The average molecular weight is 243 g/mol. The van der Waals surface area contributed by atoms with Crippen LogP contribution in [0.5, 0.6) is 0 Å². The van der Waals surface area contributed by atoms with Gasteiger partial charge in [0.25, 0.3) is 5.56 Å². The molecule has 0 bridgehead atoms. The fraction of sp³-hybridized carbons (Fsp3) is 0.300. The molecule has 0 unspecified atom stereocenters. The van der Waals surface area contributed by atoms with Gasteiger partial charge in [0.2, 0.25) is 0 Å². The number of halogens is 1. The highest BCUT2D eigenvalue weighted by Gasteiger charge is 2.04. The molecule has 0 radical (unpaired) electrons. The van der Waals surface area contributed by atoms with Crippen LogP contribution in [-0.4, -0.2) is 20.8 Å². The van der Waals surface area contributed by atoms with E-state index in [1.807, 2.05) is 0 Å². The number of aromatic nitrogens is 2. The molecule has 1 aromatic rings. The third-order valence-electron chi connectivity index (χ3n) is 2.05. The Kier molecular flexibility index (Phi) is 3.84. The monoisotopic (exact) mass is 242 g/mol. The summed E-state index contributed by atoms with van der Waals surface area (Å²) >= 11 is 5.31. The van der Waals surface area contributed by atoms with Gasteiger partial charge < -0.3 is 4.57 Å². The van der Waals surface area contributed by atoms with Crippen LogP contribution in [0.1, 0.15) is 5.56 Å². The van der Waals surface area contributed by atoms with E-state index in [0.29, 0.717) is 0 Å². The molecule has 0 aliphatic carbocycles. The minimum absolute atomic E-state index is 0.136. The zero-order chi connectivity index (χ0) is 12.3. The van der Waals surface area contributed by atoms with Crippen LogP contribution in [0.3, 0.4) is 0 Å². The van der Waals surface area contributed by atoms with Crippen molar-refractivity contribution < 1.29 is 4.79 Å². The van der Waals surface area contributed by atoms with Crippen LogP contribution in [0.15, 0.2) is 21.9 Å². The SMILES string of the molecule is Cn1cc(C=CC(=O)CCl)c(=O)n(C)c1=O. The number of hydrogen-bond donors (Lipinski definition) is 0. The normalized spacial score (nSPS) is 10.9. The Bertz CT molecular complexity index is 554. The van der Waals surface area contributed by atoms with Crippen LogP contribution in [0, 0.1) is 0 Å². The van der Waals surface area contributed by atoms with E-state index in [0.717, 1.165) is 4.57 Å². The van der Waals surface area contributed by atoms with Crippen molar-refractivity contribution in [2.75, 3.05) is 5.88 Å². The van der Waals surface area contributed by atoms with Crippen molar-refractivity contribution in [1.82, 2.24) is 9.13 Å². The summed E-state index contributed by atoms with van der Waals surface area (Å²) in [6, 6.07) is 0. The van der Waals surface area contributed by atoms with E-state index in [1.54, 1.807) is 0 Å². The van der Waals surface area contributed by atoms with E-state index in [-0.39, 0.29) is 17.2 Å². The molecule has 0 atom stereocenters. The maximum absolute atomic E-state index is 11.6. The van der Waals surface area contributed by atoms with Crippen molar-refractivity contribution >= 4 is 23.5 Å². The molecule has 0 N–H and O–H groups in total. The molecule has 0 aromatic carbocycles. The van der Waals surface area contributed by atoms with Crippen LogP contribution in [-0.2, 0) is 18.9 Å². The highest BCUT2D eigenvalue weighted by Crippen LogP contribution is 1.93. The van der Waals surface area contributed by atoms with Gasteiger partial charge in [0.1, 0.15) is 0 Å². The maximum Gasteiger partial charge on any atom is 0.330 e. The minimum atomic E-state index is -0.443. The largest absolute Gasteiger partial charge is 0.330 e. The third-order valence-corrected chi connectivity index (χ3v) is 2.32. The Hall–Kier alpha value is -1.62. The van der Waals surface area contributed by atoms with E-state index in [1.165, 1.54) is 37.0 Å². The van der Waals surface area contributed by atoms with Crippen LogP contribution in [0.4, 0.5) is 0 Å². The van der Waals surface area contributed by atoms with Crippen molar-refractivity contribution in [3.05, 3.63) is 38.7 Å². The number of allylic oxidation sites excluding steroid dienone is 1. The molecule has 5 nitrogen and oxygen atoms in total. The molecular formula is C10H11ClN2O3. The smallest absolute Gasteiger partial charge is 0.303 e. The standard InChI is InChI=1S/C10H11ClN2O3/c1-12-6-7(3-4-8(14)5-11)9(15)13(2)10(12)16/h3-4,6H,5H2,1-2H3.